The largest absolute Gasteiger partial charge is 0.383 e. The normalized spacial score (nSPS) is 11.4. The molecule has 0 aliphatic carbocycles. The van der Waals surface area contributed by atoms with E-state index in [2.05, 4.69) is 212 Å². The van der Waals surface area contributed by atoms with Crippen LogP contribution in [0.1, 0.15) is 168 Å². The molecule has 2 N–H and O–H groups in total. The summed E-state index contributed by atoms with van der Waals surface area (Å²) in [6, 6.07) is 19.6. The standard InChI is InChI=1S/C18H30N2O.C13H21N.C11H24N2O.C11H26N2.C7H17N/c1-7-19(8-2)18(21)16-9-11-17(12-10-16)20(15(5)6)13-14(3)4;1-10(2)9-12-5-7-13(8-6-12)14-11(3)4;1-9(2)11(14)13(6)8-7-12(5)10(3)4;1-10(2)9-13(11(3)4)8-7-12(5)6;1-6(2)5-8-7(3)4/h9-12,14-15H,7-8,13H2,1-6H3;5-8,10-11,14H,9H2,1-4H3;9-10H,7-8H2,1-6H3;10-11H,7-9H2,1-6H3;6-8H,5H2,1-4H3. The smallest absolute Gasteiger partial charge is 0.253 e. The molecule has 0 aliphatic heterocycles. The molecule has 10 nitrogen and oxygen atoms in total. The number of carbonyl (C=O) groups excluding carboxylic acids is 2. The molecule has 0 heterocycles. The molecule has 2 amide bonds. The lowest BCUT2D eigenvalue weighted by Crippen LogP contribution is -2.38. The number of nitrogens with zero attached hydrogens (tertiary/aromatic N) is 6. The van der Waals surface area contributed by atoms with Gasteiger partial charge in [-0.25, -0.2) is 0 Å². The molecule has 0 saturated carbocycles. The summed E-state index contributed by atoms with van der Waals surface area (Å²) in [4.78, 5) is 36.9. The highest BCUT2D eigenvalue weighted by Crippen LogP contribution is 2.20. The maximum absolute atomic E-state index is 12.3. The molecule has 0 spiro atoms. The monoisotopic (exact) mass is 983 g/mol. The third-order valence-corrected chi connectivity index (χ3v) is 11.4. The van der Waals surface area contributed by atoms with Crippen molar-refractivity contribution in [1.82, 2.24) is 29.8 Å². The first-order valence-corrected chi connectivity index (χ1v) is 27.5. The lowest BCUT2D eigenvalue weighted by molar-refractivity contribution is -0.133. The first-order valence-electron chi connectivity index (χ1n) is 27.5. The average Bonchev–Trinajstić information content (AvgIpc) is 3.26. The van der Waals surface area contributed by atoms with Crippen LogP contribution in [0.4, 0.5) is 11.4 Å². The third kappa shape index (κ3) is 37.6. The molecule has 2 rings (SSSR count). The quantitative estimate of drug-likeness (QED) is 0.102. The number of likely N-dealkylation sites (N-methyl/N-ethyl adjacent to an activating group) is 3. The number of benzene rings is 2. The van der Waals surface area contributed by atoms with Crippen molar-refractivity contribution in [2.24, 2.45) is 29.6 Å². The minimum atomic E-state index is 0.101. The van der Waals surface area contributed by atoms with E-state index in [4.69, 9.17) is 0 Å². The molecule has 2 aromatic rings. The van der Waals surface area contributed by atoms with Gasteiger partial charge in [0.1, 0.15) is 0 Å². The van der Waals surface area contributed by atoms with Crippen molar-refractivity contribution in [3.63, 3.8) is 0 Å². The fourth-order valence-electron chi connectivity index (χ4n) is 6.98. The van der Waals surface area contributed by atoms with Gasteiger partial charge in [-0.05, 0) is 169 Å². The predicted octanol–water partition coefficient (Wildman–Crippen LogP) is 12.7. The zero-order valence-corrected chi connectivity index (χ0v) is 51.0. The summed E-state index contributed by atoms with van der Waals surface area (Å²) in [6.45, 7) is 56.8. The zero-order chi connectivity index (χ0) is 54.8. The Hall–Kier alpha value is -3.18. The number of amides is 2. The highest BCUT2D eigenvalue weighted by Gasteiger charge is 2.17. The molecule has 0 saturated heterocycles. The third-order valence-electron chi connectivity index (χ3n) is 11.4. The van der Waals surface area contributed by atoms with E-state index in [1.807, 2.05) is 56.7 Å². The van der Waals surface area contributed by atoms with Gasteiger partial charge in [0.2, 0.25) is 5.91 Å². The second-order valence-electron chi connectivity index (χ2n) is 23.0. The first kappa shape index (κ1) is 71.1. The Balaban J connectivity index is -0.000000827. The number of anilines is 2. The number of hydrogen-bond donors (Lipinski definition) is 2. The summed E-state index contributed by atoms with van der Waals surface area (Å²) in [6.07, 6.45) is 1.17. The van der Waals surface area contributed by atoms with Crippen LogP contribution >= 0.6 is 0 Å². The minimum absolute atomic E-state index is 0.101. The Labute approximate surface area is 436 Å². The maximum Gasteiger partial charge on any atom is 0.253 e. The Bertz CT molecular complexity index is 1490. The van der Waals surface area contributed by atoms with Crippen LogP contribution in [0, 0.1) is 29.6 Å². The molecule has 0 radical (unpaired) electrons. The van der Waals surface area contributed by atoms with Gasteiger partial charge in [0, 0.05) is 112 Å². The average molecular weight is 984 g/mol. The highest BCUT2D eigenvalue weighted by atomic mass is 16.2. The Morgan fingerprint density at radius 2 is 1.04 bits per heavy atom. The van der Waals surface area contributed by atoms with Crippen LogP contribution in [0.5, 0.6) is 0 Å². The minimum Gasteiger partial charge on any atom is -0.383 e. The molecule has 0 bridgehead atoms. The molecule has 0 atom stereocenters. The summed E-state index contributed by atoms with van der Waals surface area (Å²) in [7, 11) is 8.22. The molecule has 70 heavy (non-hydrogen) atoms. The Morgan fingerprint density at radius 3 is 1.39 bits per heavy atom. The van der Waals surface area contributed by atoms with E-state index in [0.717, 1.165) is 69.1 Å². The molecule has 0 fully saturated rings. The zero-order valence-electron chi connectivity index (χ0n) is 51.0. The molecular weight excluding hydrogens is 865 g/mol. The molecule has 0 aromatic heterocycles. The van der Waals surface area contributed by atoms with Gasteiger partial charge >= 0.3 is 0 Å². The summed E-state index contributed by atoms with van der Waals surface area (Å²) in [5.74, 6) is 3.34. The predicted molar refractivity (Wildman–Crippen MR) is 313 cm³/mol. The fraction of sp³-hybridized carbons (Fsp3) is 0.767. The van der Waals surface area contributed by atoms with Crippen LogP contribution in [-0.4, -0.2) is 154 Å². The van der Waals surface area contributed by atoms with Crippen LogP contribution in [-0.2, 0) is 11.2 Å². The van der Waals surface area contributed by atoms with E-state index < -0.39 is 0 Å². The SMILES string of the molecule is CC(C)C(=O)N(C)CCN(C)C(C)C.CC(C)CN(CCN(C)C)C(C)C.CC(C)CNC(C)C.CC(C)Cc1ccc(NC(C)C)cc1.CCN(CC)C(=O)c1ccc(N(CC(C)C)C(C)C)cc1. The van der Waals surface area contributed by atoms with Gasteiger partial charge in [-0.15, -0.1) is 0 Å². The van der Waals surface area contributed by atoms with Crippen molar-refractivity contribution >= 4 is 23.2 Å². The van der Waals surface area contributed by atoms with Crippen molar-refractivity contribution in [2.75, 3.05) is 97.3 Å². The summed E-state index contributed by atoms with van der Waals surface area (Å²) >= 11 is 0. The van der Waals surface area contributed by atoms with Crippen LogP contribution in [0.25, 0.3) is 0 Å². The van der Waals surface area contributed by atoms with Crippen molar-refractivity contribution in [3.8, 4) is 0 Å². The van der Waals surface area contributed by atoms with Gasteiger partial charge < -0.3 is 35.1 Å². The molecule has 2 aromatic carbocycles. The second-order valence-corrected chi connectivity index (χ2v) is 23.0. The van der Waals surface area contributed by atoms with Crippen molar-refractivity contribution in [1.29, 1.82) is 0 Å². The molecule has 410 valence electrons. The summed E-state index contributed by atoms with van der Waals surface area (Å²) in [5, 5.41) is 6.73. The van der Waals surface area contributed by atoms with Gasteiger partial charge in [0.25, 0.3) is 5.91 Å². The molecule has 10 heteroatoms. The van der Waals surface area contributed by atoms with Gasteiger partial charge in [0.15, 0.2) is 0 Å². The summed E-state index contributed by atoms with van der Waals surface area (Å²) in [5.41, 5.74) is 4.60. The van der Waals surface area contributed by atoms with E-state index in [1.54, 1.807) is 0 Å². The van der Waals surface area contributed by atoms with E-state index >= 15 is 0 Å². The van der Waals surface area contributed by atoms with Gasteiger partial charge in [-0.3, -0.25) is 14.5 Å². The van der Waals surface area contributed by atoms with E-state index in [1.165, 1.54) is 36.4 Å². The summed E-state index contributed by atoms with van der Waals surface area (Å²) < 4.78 is 0. The lowest BCUT2D eigenvalue weighted by Gasteiger charge is -2.31. The van der Waals surface area contributed by atoms with E-state index in [0.29, 0.717) is 36.1 Å². The van der Waals surface area contributed by atoms with E-state index in [-0.39, 0.29) is 17.7 Å². The number of carbonyl (C=O) groups is 2. The van der Waals surface area contributed by atoms with E-state index in [9.17, 15) is 9.59 Å². The van der Waals surface area contributed by atoms with Crippen LogP contribution in [0.15, 0.2) is 48.5 Å². The molecule has 0 aliphatic rings. The van der Waals surface area contributed by atoms with Crippen LogP contribution in [0.3, 0.4) is 0 Å². The van der Waals surface area contributed by atoms with Crippen molar-refractivity contribution < 1.29 is 9.59 Å². The number of rotatable bonds is 25. The Morgan fingerprint density at radius 1 is 0.529 bits per heavy atom. The topological polar surface area (TPSA) is 77.6 Å². The van der Waals surface area contributed by atoms with Crippen LogP contribution in [0.2, 0.25) is 0 Å². The van der Waals surface area contributed by atoms with Crippen LogP contribution < -0.4 is 15.5 Å². The second kappa shape index (κ2) is 40.3. The van der Waals surface area contributed by atoms with Crippen molar-refractivity contribution in [2.45, 2.75) is 189 Å². The van der Waals surface area contributed by atoms with Gasteiger partial charge in [0.05, 0.1) is 0 Å². The first-order chi connectivity index (χ1) is 32.4. The van der Waals surface area contributed by atoms with Gasteiger partial charge in [-0.1, -0.05) is 95.2 Å². The number of hydrogen-bond acceptors (Lipinski definition) is 8. The Kier molecular flexibility index (Phi) is 40.9. The maximum atomic E-state index is 12.3. The van der Waals surface area contributed by atoms with Crippen molar-refractivity contribution in [3.05, 3.63) is 59.7 Å². The lowest BCUT2D eigenvalue weighted by atomic mass is 10.0. The molecule has 0 unspecified atom stereocenters. The fourth-order valence-corrected chi connectivity index (χ4v) is 6.98. The number of nitrogens with one attached hydrogen (secondary N) is 2. The molecular formula is C60H118N8O2. The van der Waals surface area contributed by atoms with Gasteiger partial charge in [-0.2, -0.15) is 0 Å². The highest BCUT2D eigenvalue weighted by molar-refractivity contribution is 5.94.